The maximum atomic E-state index is 16.1. The Morgan fingerprint density at radius 2 is 1.52 bits per heavy atom. The Hall–Kier alpha value is -5.49. The molecule has 5 aliphatic heterocycles. The smallest absolute Gasteiger partial charge is 0.255 e. The Morgan fingerprint density at radius 3 is 2.27 bits per heavy atom. The molecule has 0 bridgehead atoms. The summed E-state index contributed by atoms with van der Waals surface area (Å²) in [5.74, 6) is -0.778. The number of piperidine rings is 2. The van der Waals surface area contributed by atoms with Crippen molar-refractivity contribution in [2.24, 2.45) is 5.92 Å². The maximum Gasteiger partial charge on any atom is 0.255 e. The van der Waals surface area contributed by atoms with Gasteiger partial charge in [-0.05, 0) is 72.2 Å². The summed E-state index contributed by atoms with van der Waals surface area (Å²) in [6.45, 7) is 5.99. The van der Waals surface area contributed by atoms with E-state index in [0.717, 1.165) is 62.3 Å². The van der Waals surface area contributed by atoms with Gasteiger partial charge < -0.3 is 24.5 Å². The lowest BCUT2D eigenvalue weighted by Crippen LogP contribution is -2.52. The minimum Gasteiger partial charge on any atom is -0.508 e. The van der Waals surface area contributed by atoms with Crippen LogP contribution in [0.1, 0.15) is 70.1 Å². The van der Waals surface area contributed by atoms with Gasteiger partial charge in [0.25, 0.3) is 5.91 Å². The van der Waals surface area contributed by atoms with Gasteiger partial charge in [-0.2, -0.15) is 0 Å². The molecule has 3 saturated heterocycles. The Labute approximate surface area is 324 Å². The van der Waals surface area contributed by atoms with Crippen LogP contribution in [0.4, 0.5) is 20.2 Å². The van der Waals surface area contributed by atoms with Gasteiger partial charge in [-0.15, -0.1) is 0 Å². The van der Waals surface area contributed by atoms with E-state index in [2.05, 4.69) is 27.2 Å². The van der Waals surface area contributed by atoms with Crippen LogP contribution in [0.25, 0.3) is 0 Å². The molecule has 0 radical (unpaired) electrons. The Bertz CT molecular complexity index is 2170. The van der Waals surface area contributed by atoms with Crippen LogP contribution >= 0.6 is 0 Å². The van der Waals surface area contributed by atoms with E-state index in [1.807, 2.05) is 41.3 Å². The number of halogens is 2. The maximum absolute atomic E-state index is 16.1. The van der Waals surface area contributed by atoms with E-state index in [-0.39, 0.29) is 60.2 Å². The van der Waals surface area contributed by atoms with Crippen LogP contribution in [0.3, 0.4) is 0 Å². The number of ether oxygens (including phenoxy) is 1. The lowest BCUT2D eigenvalue weighted by atomic mass is 9.76. The predicted molar refractivity (Wildman–Crippen MR) is 207 cm³/mol. The third kappa shape index (κ3) is 6.84. The zero-order valence-electron chi connectivity index (χ0n) is 31.1. The number of imide groups is 1. The average Bonchev–Trinajstić information content (AvgIpc) is 3.52. The van der Waals surface area contributed by atoms with Crippen molar-refractivity contribution < 1.29 is 33.0 Å². The highest BCUT2D eigenvalue weighted by atomic mass is 19.1. The number of piperazine rings is 1. The molecule has 3 amide bonds. The van der Waals surface area contributed by atoms with Crippen LogP contribution in [-0.2, 0) is 16.1 Å². The molecule has 10 nitrogen and oxygen atoms in total. The van der Waals surface area contributed by atoms with Crippen LogP contribution in [-0.4, -0.2) is 91.1 Å². The summed E-state index contributed by atoms with van der Waals surface area (Å²) in [4.78, 5) is 45.3. The number of carbonyl (C=O) groups is 3. The number of anilines is 2. The molecule has 3 fully saturated rings. The first-order valence-corrected chi connectivity index (χ1v) is 19.7. The fourth-order valence-corrected chi connectivity index (χ4v) is 9.48. The number of rotatable bonds is 7. The van der Waals surface area contributed by atoms with Gasteiger partial charge in [0.1, 0.15) is 29.2 Å². The molecule has 3 unspecified atom stereocenters. The molecule has 2 N–H and O–H groups in total. The van der Waals surface area contributed by atoms with Crippen molar-refractivity contribution >= 4 is 29.1 Å². The first-order valence-electron chi connectivity index (χ1n) is 19.7. The predicted octanol–water partition coefficient (Wildman–Crippen LogP) is 5.78. The van der Waals surface area contributed by atoms with Crippen molar-refractivity contribution in [3.8, 4) is 11.5 Å². The second-order valence-corrected chi connectivity index (χ2v) is 15.8. The molecule has 5 aliphatic rings. The number of phenols is 1. The van der Waals surface area contributed by atoms with Gasteiger partial charge in [0.2, 0.25) is 11.8 Å². The molecule has 5 heterocycles. The third-order valence-corrected chi connectivity index (χ3v) is 12.5. The highest BCUT2D eigenvalue weighted by Crippen LogP contribution is 2.47. The summed E-state index contributed by atoms with van der Waals surface area (Å²) in [6.07, 6.45) is 2.34. The third-order valence-electron chi connectivity index (χ3n) is 12.5. The first kappa shape index (κ1) is 36.2. The molecule has 56 heavy (non-hydrogen) atoms. The molecular weight excluding hydrogens is 717 g/mol. The number of hydrogen-bond acceptors (Lipinski definition) is 8. The van der Waals surface area contributed by atoms with Crippen molar-refractivity contribution in [1.82, 2.24) is 15.1 Å². The molecule has 0 saturated carbocycles. The summed E-state index contributed by atoms with van der Waals surface area (Å²) >= 11 is 0. The number of nitrogens with one attached hydrogen (secondary N) is 1. The molecule has 4 aromatic rings. The number of phenolic OH excluding ortho intramolecular Hbond substituents is 1. The number of fused-ring (bicyclic) bond motifs is 2. The van der Waals surface area contributed by atoms with Crippen molar-refractivity contribution in [3.05, 3.63) is 118 Å². The minimum atomic E-state index is -0.735. The Balaban J connectivity index is 0.804. The Morgan fingerprint density at radius 1 is 0.768 bits per heavy atom. The van der Waals surface area contributed by atoms with Gasteiger partial charge in [-0.1, -0.05) is 42.5 Å². The fraction of sp³-hybridized carbons (Fsp3) is 0.386. The number of amides is 3. The zero-order chi connectivity index (χ0) is 38.5. The van der Waals surface area contributed by atoms with E-state index in [9.17, 15) is 19.5 Å². The topological polar surface area (TPSA) is 106 Å². The van der Waals surface area contributed by atoms with Gasteiger partial charge in [-0.25, -0.2) is 8.78 Å². The number of nitrogens with zero attached hydrogens (tertiary/aromatic N) is 4. The van der Waals surface area contributed by atoms with Crippen molar-refractivity contribution in [3.63, 3.8) is 0 Å². The normalized spacial score (nSPS) is 23.1. The quantitative estimate of drug-likeness (QED) is 0.229. The van der Waals surface area contributed by atoms with Gasteiger partial charge >= 0.3 is 0 Å². The monoisotopic (exact) mass is 761 g/mol. The highest BCUT2D eigenvalue weighted by molar-refractivity contribution is 6.05. The summed E-state index contributed by atoms with van der Waals surface area (Å²) < 4.78 is 37.6. The lowest BCUT2D eigenvalue weighted by molar-refractivity contribution is -0.136. The molecule has 0 spiro atoms. The highest BCUT2D eigenvalue weighted by Gasteiger charge is 2.40. The van der Waals surface area contributed by atoms with Crippen LogP contribution in [0.5, 0.6) is 11.5 Å². The molecule has 4 aromatic carbocycles. The van der Waals surface area contributed by atoms with Crippen LogP contribution in [0.15, 0.2) is 78.9 Å². The van der Waals surface area contributed by atoms with Gasteiger partial charge in [0, 0.05) is 87.8 Å². The second kappa shape index (κ2) is 14.9. The summed E-state index contributed by atoms with van der Waals surface area (Å²) in [7, 11) is 0. The molecule has 0 aromatic heterocycles. The molecule has 9 rings (SSSR count). The van der Waals surface area contributed by atoms with Crippen molar-refractivity contribution in [2.45, 2.75) is 50.1 Å². The van der Waals surface area contributed by atoms with Gasteiger partial charge in [0.15, 0.2) is 0 Å². The van der Waals surface area contributed by atoms with Gasteiger partial charge in [0.05, 0.1) is 18.0 Å². The van der Waals surface area contributed by atoms with E-state index in [4.69, 9.17) is 4.74 Å². The SMILES string of the molecule is O=C1CCC(N2Cc3cc(N4CCN(CC5CCN(c6ccc(C7c8ccc(O)cc8OCC7c7ccccc7)cc6F)CC5)CC4)c(F)cc3C2=O)C(=O)N1. The van der Waals surface area contributed by atoms with Crippen molar-refractivity contribution in [1.29, 1.82) is 0 Å². The largest absolute Gasteiger partial charge is 0.508 e. The zero-order valence-corrected chi connectivity index (χ0v) is 31.1. The molecule has 12 heteroatoms. The summed E-state index contributed by atoms with van der Waals surface area (Å²) in [6, 6.07) is 23.3. The molecule has 3 atom stereocenters. The fourth-order valence-electron chi connectivity index (χ4n) is 9.48. The van der Waals surface area contributed by atoms with E-state index < -0.39 is 17.8 Å². The molecule has 0 aliphatic carbocycles. The number of carbonyl (C=O) groups excluding carboxylic acids is 3. The van der Waals surface area contributed by atoms with Crippen LogP contribution in [0, 0.1) is 17.6 Å². The number of hydrogen-bond donors (Lipinski definition) is 2. The van der Waals surface area contributed by atoms with E-state index in [1.54, 1.807) is 24.3 Å². The van der Waals surface area contributed by atoms with Crippen LogP contribution < -0.4 is 19.9 Å². The molecular formula is C44H45F2N5O5. The first-order chi connectivity index (χ1) is 27.2. The van der Waals surface area contributed by atoms with Crippen molar-refractivity contribution in [2.75, 3.05) is 62.2 Å². The second-order valence-electron chi connectivity index (χ2n) is 15.8. The number of aromatic hydroxyl groups is 1. The van der Waals surface area contributed by atoms with E-state index in [0.29, 0.717) is 48.3 Å². The standard InChI is InChI=1S/C44H45F2N5O5/c45-35-20-29(42-32-8-7-31(52)22-40(32)56-26-34(42)28-4-2-1-3-5-28)6-9-37(35)49-14-12-27(13-15-49)24-48-16-18-50(19-17-48)39-21-30-25-51(44(55)33(30)23-36(39)46)38-10-11-41(53)47-43(38)54/h1-9,20-23,27,34,38,42,52H,10-19,24-26H2,(H,47,53,54). The van der Waals surface area contributed by atoms with E-state index >= 15 is 8.78 Å². The van der Waals surface area contributed by atoms with E-state index in [1.165, 1.54) is 11.0 Å². The molecule has 290 valence electrons. The summed E-state index contributed by atoms with van der Waals surface area (Å²) in [5.41, 5.74) is 5.00. The minimum absolute atomic E-state index is 0.00738. The van der Waals surface area contributed by atoms with Crippen LogP contribution in [0.2, 0.25) is 0 Å². The van der Waals surface area contributed by atoms with Gasteiger partial charge in [-0.3, -0.25) is 24.6 Å². The number of benzene rings is 4. The summed E-state index contributed by atoms with van der Waals surface area (Å²) in [5, 5.41) is 12.4. The lowest BCUT2D eigenvalue weighted by Gasteiger charge is -2.40. The Kier molecular flexibility index (Phi) is 9.60. The average molecular weight is 762 g/mol.